The van der Waals surface area contributed by atoms with Crippen molar-refractivity contribution in [2.75, 3.05) is 32.2 Å². The van der Waals surface area contributed by atoms with E-state index in [1.165, 1.54) is 11.3 Å². The Labute approximate surface area is 163 Å². The standard InChI is InChI=1S/C19H25N3O4S/c1-4-26-18(23)16-13-27-17(21-16)12-22(10-5-11-25-3)19(24)20-15-8-6-14(2)7-9-15/h6-9,13H,4-5,10-12H2,1-3H3,(H,20,24). The van der Waals surface area contributed by atoms with E-state index >= 15 is 0 Å². The minimum atomic E-state index is -0.449. The summed E-state index contributed by atoms with van der Waals surface area (Å²) in [6, 6.07) is 7.39. The monoisotopic (exact) mass is 391 g/mol. The zero-order valence-corrected chi connectivity index (χ0v) is 16.7. The number of urea groups is 1. The molecule has 0 aliphatic heterocycles. The SMILES string of the molecule is CCOC(=O)c1csc(CN(CCCOC)C(=O)Nc2ccc(C)cc2)n1. The van der Waals surface area contributed by atoms with E-state index in [0.29, 0.717) is 37.7 Å². The lowest BCUT2D eigenvalue weighted by molar-refractivity contribution is 0.0520. The van der Waals surface area contributed by atoms with Crippen molar-refractivity contribution >= 4 is 29.0 Å². The van der Waals surface area contributed by atoms with E-state index in [4.69, 9.17) is 9.47 Å². The van der Waals surface area contributed by atoms with Crippen molar-refractivity contribution in [3.05, 3.63) is 45.9 Å². The maximum atomic E-state index is 12.7. The molecule has 0 spiro atoms. The van der Waals surface area contributed by atoms with Crippen LogP contribution in [-0.2, 0) is 16.0 Å². The first-order valence-corrected chi connectivity index (χ1v) is 9.64. The lowest BCUT2D eigenvalue weighted by Crippen LogP contribution is -2.35. The largest absolute Gasteiger partial charge is 0.461 e. The molecule has 1 heterocycles. The van der Waals surface area contributed by atoms with Gasteiger partial charge in [-0.05, 0) is 32.4 Å². The van der Waals surface area contributed by atoms with Crippen molar-refractivity contribution in [3.63, 3.8) is 0 Å². The molecule has 8 heteroatoms. The highest BCUT2D eigenvalue weighted by Crippen LogP contribution is 2.16. The van der Waals surface area contributed by atoms with Crippen LogP contribution >= 0.6 is 11.3 Å². The van der Waals surface area contributed by atoms with Gasteiger partial charge >= 0.3 is 12.0 Å². The highest BCUT2D eigenvalue weighted by molar-refractivity contribution is 7.09. The topological polar surface area (TPSA) is 80.8 Å². The van der Waals surface area contributed by atoms with E-state index < -0.39 is 5.97 Å². The van der Waals surface area contributed by atoms with Gasteiger partial charge in [0.2, 0.25) is 0 Å². The van der Waals surface area contributed by atoms with Gasteiger partial charge in [0.05, 0.1) is 13.2 Å². The molecule has 7 nitrogen and oxygen atoms in total. The number of nitrogens with zero attached hydrogens (tertiary/aromatic N) is 2. The summed E-state index contributed by atoms with van der Waals surface area (Å²) in [6.45, 7) is 5.42. The van der Waals surface area contributed by atoms with E-state index in [1.807, 2.05) is 31.2 Å². The number of hydrogen-bond donors (Lipinski definition) is 1. The second-order valence-electron chi connectivity index (χ2n) is 5.91. The number of thiazole rings is 1. The maximum absolute atomic E-state index is 12.7. The van der Waals surface area contributed by atoms with Crippen LogP contribution in [-0.4, -0.2) is 48.8 Å². The Hall–Kier alpha value is -2.45. The molecule has 27 heavy (non-hydrogen) atoms. The lowest BCUT2D eigenvalue weighted by Gasteiger charge is -2.22. The summed E-state index contributed by atoms with van der Waals surface area (Å²) in [5.41, 5.74) is 2.13. The van der Waals surface area contributed by atoms with E-state index in [0.717, 1.165) is 11.3 Å². The molecule has 0 saturated heterocycles. The molecule has 2 rings (SSSR count). The molecule has 1 N–H and O–H groups in total. The van der Waals surface area contributed by atoms with Crippen LogP contribution < -0.4 is 5.32 Å². The minimum Gasteiger partial charge on any atom is -0.461 e. The van der Waals surface area contributed by atoms with Gasteiger partial charge in [-0.3, -0.25) is 0 Å². The number of esters is 1. The van der Waals surface area contributed by atoms with E-state index in [-0.39, 0.29) is 11.7 Å². The van der Waals surface area contributed by atoms with Gasteiger partial charge in [0.15, 0.2) is 5.69 Å². The van der Waals surface area contributed by atoms with E-state index in [2.05, 4.69) is 10.3 Å². The van der Waals surface area contributed by atoms with Crippen LogP contribution in [0.25, 0.3) is 0 Å². The molecule has 0 radical (unpaired) electrons. The van der Waals surface area contributed by atoms with Crippen LogP contribution in [0.4, 0.5) is 10.5 Å². The molecular weight excluding hydrogens is 366 g/mol. The molecule has 0 saturated carbocycles. The predicted molar refractivity (Wildman–Crippen MR) is 105 cm³/mol. The Bertz CT molecular complexity index is 746. The molecule has 0 fully saturated rings. The third kappa shape index (κ3) is 6.65. The number of aryl methyl sites for hydroxylation is 1. The van der Waals surface area contributed by atoms with Gasteiger partial charge in [0, 0.05) is 31.3 Å². The summed E-state index contributed by atoms with van der Waals surface area (Å²) < 4.78 is 10.0. The zero-order valence-electron chi connectivity index (χ0n) is 15.9. The number of hydrogen-bond acceptors (Lipinski definition) is 6. The number of anilines is 1. The fourth-order valence-corrected chi connectivity index (χ4v) is 3.12. The smallest absolute Gasteiger partial charge is 0.357 e. The highest BCUT2D eigenvalue weighted by atomic mass is 32.1. The van der Waals surface area contributed by atoms with Gasteiger partial charge in [-0.15, -0.1) is 11.3 Å². The van der Waals surface area contributed by atoms with Gasteiger partial charge in [0.1, 0.15) is 5.01 Å². The molecule has 0 aliphatic rings. The third-order valence-electron chi connectivity index (χ3n) is 3.73. The number of amides is 2. The molecule has 0 unspecified atom stereocenters. The Morgan fingerprint density at radius 1 is 1.26 bits per heavy atom. The van der Waals surface area contributed by atoms with Crippen LogP contribution in [0.1, 0.15) is 34.4 Å². The normalized spacial score (nSPS) is 10.5. The van der Waals surface area contributed by atoms with Crippen molar-refractivity contribution in [2.24, 2.45) is 0 Å². The minimum absolute atomic E-state index is 0.220. The Morgan fingerprint density at radius 3 is 2.67 bits per heavy atom. The first-order chi connectivity index (χ1) is 13.0. The summed E-state index contributed by atoms with van der Waals surface area (Å²) in [5, 5.41) is 5.22. The maximum Gasteiger partial charge on any atom is 0.357 e. The van der Waals surface area contributed by atoms with Crippen LogP contribution in [0.5, 0.6) is 0 Å². The number of rotatable bonds is 9. The summed E-state index contributed by atoms with van der Waals surface area (Å²) in [7, 11) is 1.63. The van der Waals surface area contributed by atoms with E-state index in [1.54, 1.807) is 24.3 Å². The highest BCUT2D eigenvalue weighted by Gasteiger charge is 2.18. The van der Waals surface area contributed by atoms with Gasteiger partial charge in [-0.2, -0.15) is 0 Å². The van der Waals surface area contributed by atoms with Crippen molar-refractivity contribution in [1.29, 1.82) is 0 Å². The number of carbonyl (C=O) groups excluding carboxylic acids is 2. The fourth-order valence-electron chi connectivity index (χ4n) is 2.34. The number of carbonyl (C=O) groups is 2. The first kappa shape index (κ1) is 20.9. The molecule has 2 amide bonds. The predicted octanol–water partition coefficient (Wildman–Crippen LogP) is 3.70. The Morgan fingerprint density at radius 2 is 2.00 bits per heavy atom. The fraction of sp³-hybridized carbons (Fsp3) is 0.421. The Kier molecular flexibility index (Phi) is 8.22. The number of benzene rings is 1. The van der Waals surface area contributed by atoms with Crippen molar-refractivity contribution < 1.29 is 19.1 Å². The summed E-state index contributed by atoms with van der Waals surface area (Å²) in [6.07, 6.45) is 0.702. The summed E-state index contributed by atoms with van der Waals surface area (Å²) in [5.74, 6) is -0.449. The average molecular weight is 391 g/mol. The van der Waals surface area contributed by atoms with Crippen LogP contribution in [0.2, 0.25) is 0 Å². The van der Waals surface area contributed by atoms with Gasteiger partial charge in [-0.25, -0.2) is 14.6 Å². The molecular formula is C19H25N3O4S. The van der Waals surface area contributed by atoms with Gasteiger partial charge < -0.3 is 19.7 Å². The second-order valence-corrected chi connectivity index (χ2v) is 6.85. The lowest BCUT2D eigenvalue weighted by atomic mass is 10.2. The number of aromatic nitrogens is 1. The zero-order chi connectivity index (χ0) is 19.6. The first-order valence-electron chi connectivity index (χ1n) is 8.76. The molecule has 0 bridgehead atoms. The van der Waals surface area contributed by atoms with Crippen LogP contribution in [0.15, 0.2) is 29.6 Å². The molecule has 1 aromatic heterocycles. The Balaban J connectivity index is 2.05. The van der Waals surface area contributed by atoms with E-state index in [9.17, 15) is 9.59 Å². The number of methoxy groups -OCH3 is 1. The van der Waals surface area contributed by atoms with Crippen LogP contribution in [0, 0.1) is 6.92 Å². The second kappa shape index (κ2) is 10.6. The van der Waals surface area contributed by atoms with Crippen molar-refractivity contribution in [2.45, 2.75) is 26.8 Å². The van der Waals surface area contributed by atoms with Crippen molar-refractivity contribution in [3.8, 4) is 0 Å². The quantitative estimate of drug-likeness (QED) is 0.521. The molecule has 1 aromatic carbocycles. The van der Waals surface area contributed by atoms with Gasteiger partial charge in [-0.1, -0.05) is 17.7 Å². The van der Waals surface area contributed by atoms with Crippen LogP contribution in [0.3, 0.4) is 0 Å². The molecule has 0 atom stereocenters. The molecule has 0 aliphatic carbocycles. The molecule has 2 aromatic rings. The third-order valence-corrected chi connectivity index (χ3v) is 4.56. The van der Waals surface area contributed by atoms with Crippen molar-refractivity contribution in [1.82, 2.24) is 9.88 Å². The summed E-state index contributed by atoms with van der Waals surface area (Å²) >= 11 is 1.33. The average Bonchev–Trinajstić information content (AvgIpc) is 3.12. The summed E-state index contributed by atoms with van der Waals surface area (Å²) in [4.78, 5) is 30.4. The number of nitrogens with one attached hydrogen (secondary N) is 1. The number of ether oxygens (including phenoxy) is 2. The molecule has 146 valence electrons. The van der Waals surface area contributed by atoms with Gasteiger partial charge in [0.25, 0.3) is 0 Å².